The first-order valence-electron chi connectivity index (χ1n) is 5.46. The van der Waals surface area contributed by atoms with Crippen molar-refractivity contribution in [2.45, 2.75) is 0 Å². The Morgan fingerprint density at radius 2 is 1.76 bits per heavy atom. The summed E-state index contributed by atoms with van der Waals surface area (Å²) in [5.41, 5.74) is 2.44. The molecule has 0 spiro atoms. The third-order valence-corrected chi connectivity index (χ3v) is 2.52. The van der Waals surface area contributed by atoms with E-state index in [0.717, 1.165) is 11.4 Å². The summed E-state index contributed by atoms with van der Waals surface area (Å²) in [6, 6.07) is 14.5. The minimum absolute atomic E-state index is 0.247. The first-order chi connectivity index (χ1) is 8.16. The molecular weight excluding hydrogens is 215 g/mol. The van der Waals surface area contributed by atoms with E-state index in [1.165, 1.54) is 6.07 Å². The lowest BCUT2D eigenvalue weighted by Crippen LogP contribution is -2.08. The average Bonchev–Trinajstić information content (AvgIpc) is 2.32. The SMILES string of the molecule is CN(C)c1cccc(Nc2ccccc2F)c1. The lowest BCUT2D eigenvalue weighted by molar-refractivity contribution is 0.632. The van der Waals surface area contributed by atoms with Gasteiger partial charge in [-0.2, -0.15) is 0 Å². The van der Waals surface area contributed by atoms with E-state index in [-0.39, 0.29) is 5.82 Å². The fourth-order valence-corrected chi connectivity index (χ4v) is 1.58. The van der Waals surface area contributed by atoms with Crippen LogP contribution in [-0.2, 0) is 0 Å². The Morgan fingerprint density at radius 3 is 2.47 bits per heavy atom. The molecule has 0 aliphatic heterocycles. The highest BCUT2D eigenvalue weighted by atomic mass is 19.1. The smallest absolute Gasteiger partial charge is 0.146 e. The predicted molar refractivity (Wildman–Crippen MR) is 70.5 cm³/mol. The zero-order valence-electron chi connectivity index (χ0n) is 9.94. The third-order valence-electron chi connectivity index (χ3n) is 2.52. The van der Waals surface area contributed by atoms with Gasteiger partial charge in [0.15, 0.2) is 0 Å². The minimum Gasteiger partial charge on any atom is -0.378 e. The van der Waals surface area contributed by atoms with Gasteiger partial charge in [0.2, 0.25) is 0 Å². The highest BCUT2D eigenvalue weighted by Crippen LogP contribution is 2.22. The van der Waals surface area contributed by atoms with Crippen LogP contribution in [0.3, 0.4) is 0 Å². The van der Waals surface area contributed by atoms with Gasteiger partial charge in [-0.3, -0.25) is 0 Å². The lowest BCUT2D eigenvalue weighted by Gasteiger charge is -2.14. The molecule has 0 saturated carbocycles. The van der Waals surface area contributed by atoms with E-state index >= 15 is 0 Å². The van der Waals surface area contributed by atoms with Crippen LogP contribution in [0.1, 0.15) is 0 Å². The molecular formula is C14H15FN2. The summed E-state index contributed by atoms with van der Waals surface area (Å²) in [6.45, 7) is 0. The van der Waals surface area contributed by atoms with E-state index in [1.807, 2.05) is 43.3 Å². The number of anilines is 3. The van der Waals surface area contributed by atoms with Crippen LogP contribution in [0.4, 0.5) is 21.5 Å². The molecule has 17 heavy (non-hydrogen) atoms. The molecule has 0 unspecified atom stereocenters. The van der Waals surface area contributed by atoms with Crippen molar-refractivity contribution in [2.24, 2.45) is 0 Å². The van der Waals surface area contributed by atoms with Crippen LogP contribution in [0.25, 0.3) is 0 Å². The molecule has 3 heteroatoms. The maximum absolute atomic E-state index is 13.5. The summed E-state index contributed by atoms with van der Waals surface area (Å²) in [6.07, 6.45) is 0. The van der Waals surface area contributed by atoms with Crippen LogP contribution in [0.5, 0.6) is 0 Å². The van der Waals surface area contributed by atoms with E-state index in [0.29, 0.717) is 5.69 Å². The van der Waals surface area contributed by atoms with Crippen LogP contribution in [0.2, 0.25) is 0 Å². The molecule has 0 heterocycles. The summed E-state index contributed by atoms with van der Waals surface area (Å²) in [5, 5.41) is 3.07. The van der Waals surface area contributed by atoms with Crippen LogP contribution in [0, 0.1) is 5.82 Å². The van der Waals surface area contributed by atoms with Gasteiger partial charge in [0.25, 0.3) is 0 Å². The zero-order valence-corrected chi connectivity index (χ0v) is 9.94. The van der Waals surface area contributed by atoms with Gasteiger partial charge in [0, 0.05) is 25.5 Å². The molecule has 0 saturated heterocycles. The van der Waals surface area contributed by atoms with Gasteiger partial charge in [0.05, 0.1) is 5.69 Å². The second-order valence-corrected chi connectivity index (χ2v) is 4.05. The Kier molecular flexibility index (Phi) is 3.28. The molecule has 88 valence electrons. The summed E-state index contributed by atoms with van der Waals surface area (Å²) in [5.74, 6) is -0.247. The van der Waals surface area contributed by atoms with Gasteiger partial charge in [-0.15, -0.1) is 0 Å². The molecule has 2 nitrogen and oxygen atoms in total. The van der Waals surface area contributed by atoms with Crippen molar-refractivity contribution in [3.8, 4) is 0 Å². The molecule has 2 aromatic rings. The summed E-state index contributed by atoms with van der Waals surface area (Å²) < 4.78 is 13.5. The Morgan fingerprint density at radius 1 is 1.00 bits per heavy atom. The van der Waals surface area contributed by atoms with Crippen LogP contribution >= 0.6 is 0 Å². The van der Waals surface area contributed by atoms with Crippen molar-refractivity contribution in [2.75, 3.05) is 24.3 Å². The fraction of sp³-hybridized carbons (Fsp3) is 0.143. The van der Waals surface area contributed by atoms with Crippen LogP contribution in [-0.4, -0.2) is 14.1 Å². The molecule has 0 bridgehead atoms. The van der Waals surface area contributed by atoms with Gasteiger partial charge < -0.3 is 10.2 Å². The number of benzene rings is 2. The maximum atomic E-state index is 13.5. The van der Waals surface area contributed by atoms with E-state index in [9.17, 15) is 4.39 Å². The predicted octanol–water partition coefficient (Wildman–Crippen LogP) is 3.64. The number of hydrogen-bond donors (Lipinski definition) is 1. The second-order valence-electron chi connectivity index (χ2n) is 4.05. The Balaban J connectivity index is 2.25. The van der Waals surface area contributed by atoms with E-state index in [1.54, 1.807) is 18.2 Å². The topological polar surface area (TPSA) is 15.3 Å². The Bertz CT molecular complexity index is 509. The molecule has 0 aliphatic carbocycles. The van der Waals surface area contributed by atoms with Crippen molar-refractivity contribution >= 4 is 17.1 Å². The van der Waals surface area contributed by atoms with E-state index in [2.05, 4.69) is 5.32 Å². The van der Waals surface area contributed by atoms with Gasteiger partial charge in [-0.1, -0.05) is 18.2 Å². The molecule has 2 aromatic carbocycles. The van der Waals surface area contributed by atoms with Crippen molar-refractivity contribution in [3.63, 3.8) is 0 Å². The Labute approximate surface area is 101 Å². The maximum Gasteiger partial charge on any atom is 0.146 e. The molecule has 0 atom stereocenters. The van der Waals surface area contributed by atoms with Gasteiger partial charge in [0.1, 0.15) is 5.82 Å². The quantitative estimate of drug-likeness (QED) is 0.866. The van der Waals surface area contributed by atoms with E-state index < -0.39 is 0 Å². The highest BCUT2D eigenvalue weighted by Gasteiger charge is 2.02. The largest absolute Gasteiger partial charge is 0.378 e. The lowest BCUT2D eigenvalue weighted by atomic mass is 10.2. The molecule has 0 aromatic heterocycles. The van der Waals surface area contributed by atoms with Crippen LogP contribution in [0.15, 0.2) is 48.5 Å². The second kappa shape index (κ2) is 4.87. The Hall–Kier alpha value is -2.03. The van der Waals surface area contributed by atoms with Gasteiger partial charge >= 0.3 is 0 Å². The van der Waals surface area contributed by atoms with Crippen molar-refractivity contribution in [3.05, 3.63) is 54.3 Å². The summed E-state index contributed by atoms with van der Waals surface area (Å²) in [7, 11) is 3.95. The van der Waals surface area contributed by atoms with Crippen LogP contribution < -0.4 is 10.2 Å². The third kappa shape index (κ3) is 2.75. The van der Waals surface area contributed by atoms with Crippen molar-refractivity contribution in [1.82, 2.24) is 0 Å². The number of hydrogen-bond acceptors (Lipinski definition) is 2. The van der Waals surface area contributed by atoms with Crippen molar-refractivity contribution < 1.29 is 4.39 Å². The average molecular weight is 230 g/mol. The number of halogens is 1. The van der Waals surface area contributed by atoms with Crippen molar-refractivity contribution in [1.29, 1.82) is 0 Å². The monoisotopic (exact) mass is 230 g/mol. The summed E-state index contributed by atoms with van der Waals surface area (Å²) >= 11 is 0. The normalized spacial score (nSPS) is 10.1. The molecule has 2 rings (SSSR count). The molecule has 0 fully saturated rings. The first-order valence-corrected chi connectivity index (χ1v) is 5.46. The molecule has 0 amide bonds. The first kappa shape index (κ1) is 11.5. The zero-order chi connectivity index (χ0) is 12.3. The highest BCUT2D eigenvalue weighted by molar-refractivity contribution is 5.65. The summed E-state index contributed by atoms with van der Waals surface area (Å²) in [4.78, 5) is 2.01. The number of para-hydroxylation sites is 1. The number of nitrogens with one attached hydrogen (secondary N) is 1. The molecule has 0 aliphatic rings. The molecule has 1 N–H and O–H groups in total. The minimum atomic E-state index is -0.247. The molecule has 0 radical (unpaired) electrons. The standard InChI is InChI=1S/C14H15FN2/c1-17(2)12-7-5-6-11(10-12)16-14-9-4-3-8-13(14)15/h3-10,16H,1-2H3. The number of nitrogens with zero attached hydrogens (tertiary/aromatic N) is 1. The van der Waals surface area contributed by atoms with E-state index in [4.69, 9.17) is 0 Å². The number of rotatable bonds is 3. The van der Waals surface area contributed by atoms with Gasteiger partial charge in [-0.05, 0) is 30.3 Å². The van der Waals surface area contributed by atoms with Gasteiger partial charge in [-0.25, -0.2) is 4.39 Å². The fourth-order valence-electron chi connectivity index (χ4n) is 1.58.